The minimum absolute atomic E-state index is 0.106. The molecule has 0 saturated heterocycles. The molecule has 0 amide bonds. The average molecular weight is 539 g/mol. The van der Waals surface area contributed by atoms with E-state index in [1.54, 1.807) is 0 Å². The van der Waals surface area contributed by atoms with E-state index in [9.17, 15) is 34.8 Å². The van der Waals surface area contributed by atoms with Gasteiger partial charge in [-0.15, -0.1) is 0 Å². The van der Waals surface area contributed by atoms with Crippen LogP contribution in [0.15, 0.2) is 24.3 Å². The lowest BCUT2D eigenvalue weighted by Gasteiger charge is -2.19. The van der Waals surface area contributed by atoms with Crippen LogP contribution in [0, 0.1) is 0 Å². The van der Waals surface area contributed by atoms with Crippen molar-refractivity contribution >= 4 is 18.1 Å². The molecule has 38 heavy (non-hydrogen) atoms. The van der Waals surface area contributed by atoms with Crippen molar-refractivity contribution in [3.05, 3.63) is 57.6 Å². The molecule has 0 bridgehead atoms. The number of aliphatic hydroxyl groups excluding tert-OH is 4. The summed E-state index contributed by atoms with van der Waals surface area (Å²) in [4.78, 5) is 35.0. The van der Waals surface area contributed by atoms with E-state index in [1.165, 1.54) is 38.1 Å². The summed E-state index contributed by atoms with van der Waals surface area (Å²) in [5.41, 5.74) is 1.15. The van der Waals surface area contributed by atoms with E-state index in [1.807, 2.05) is 0 Å². The number of rotatable bonds is 14. The molecule has 0 spiro atoms. The summed E-state index contributed by atoms with van der Waals surface area (Å²) in [5, 5.41) is 57.0. The first kappa shape index (κ1) is 30.6. The zero-order chi connectivity index (χ0) is 28.4. The van der Waals surface area contributed by atoms with E-state index in [0.29, 0.717) is 11.1 Å². The highest BCUT2D eigenvalue weighted by Crippen LogP contribution is 2.31. The molecule has 0 saturated carbocycles. The van der Waals surface area contributed by atoms with Gasteiger partial charge in [0.25, 0.3) is 0 Å². The Morgan fingerprint density at radius 1 is 0.632 bits per heavy atom. The Balaban J connectivity index is 2.39. The van der Waals surface area contributed by atoms with Gasteiger partial charge in [-0.25, -0.2) is 14.4 Å². The first-order valence-electron chi connectivity index (χ1n) is 11.4. The highest BCUT2D eigenvalue weighted by Gasteiger charge is 2.23. The van der Waals surface area contributed by atoms with Crippen molar-refractivity contribution < 1.29 is 64.0 Å². The zero-order valence-electron chi connectivity index (χ0n) is 20.7. The second-order valence-corrected chi connectivity index (χ2v) is 8.03. The summed E-state index contributed by atoms with van der Waals surface area (Å²) < 4.78 is 21.2. The van der Waals surface area contributed by atoms with Crippen LogP contribution in [0.3, 0.4) is 0 Å². The van der Waals surface area contributed by atoms with Gasteiger partial charge in [0.05, 0.1) is 39.6 Å². The molecule has 2 aromatic carbocycles. The third-order valence-corrected chi connectivity index (χ3v) is 5.66. The van der Waals surface area contributed by atoms with Gasteiger partial charge in [0, 0.05) is 11.1 Å². The standard InChI is InChI=1S/C25H30O13/c1-13(23(30)31)35-11-19-17(9-28)15(7-26)3-5-21(19)37-25(34)38-22-6-4-16(8-27)18(10-29)20(22)12-36-14(2)24(32)33/h3-6,13-14,26-29H,7-12H2,1-2H3,(H,30,31)(H,32,33). The van der Waals surface area contributed by atoms with Crippen LogP contribution in [0.25, 0.3) is 0 Å². The van der Waals surface area contributed by atoms with Crippen LogP contribution in [0.5, 0.6) is 11.5 Å². The van der Waals surface area contributed by atoms with Crippen molar-refractivity contribution in [3.8, 4) is 11.5 Å². The number of carbonyl (C=O) groups excluding carboxylic acids is 1. The van der Waals surface area contributed by atoms with Gasteiger partial charge in [0.1, 0.15) is 11.5 Å². The molecule has 0 fully saturated rings. The van der Waals surface area contributed by atoms with Crippen LogP contribution in [0.1, 0.15) is 47.2 Å². The van der Waals surface area contributed by atoms with Gasteiger partial charge in [0.15, 0.2) is 12.2 Å². The molecule has 0 aromatic heterocycles. The van der Waals surface area contributed by atoms with Crippen LogP contribution >= 0.6 is 0 Å². The number of aliphatic carboxylic acids is 2. The van der Waals surface area contributed by atoms with Crippen LogP contribution in [-0.4, -0.2) is 60.9 Å². The molecule has 13 nitrogen and oxygen atoms in total. The molecule has 0 aliphatic carbocycles. The zero-order valence-corrected chi connectivity index (χ0v) is 20.7. The summed E-state index contributed by atoms with van der Waals surface area (Å²) in [6, 6.07) is 5.40. The summed E-state index contributed by atoms with van der Waals surface area (Å²) in [5.74, 6) is -2.76. The van der Waals surface area contributed by atoms with Crippen LogP contribution in [0.2, 0.25) is 0 Å². The van der Waals surface area contributed by atoms with Gasteiger partial charge in [0.2, 0.25) is 0 Å². The maximum absolute atomic E-state index is 12.7. The van der Waals surface area contributed by atoms with Crippen molar-refractivity contribution in [1.29, 1.82) is 0 Å². The van der Waals surface area contributed by atoms with E-state index in [0.717, 1.165) is 0 Å². The molecule has 0 aliphatic rings. The molecule has 208 valence electrons. The smallest absolute Gasteiger partial charge is 0.479 e. The fraction of sp³-hybridized carbons (Fsp3) is 0.400. The normalized spacial score (nSPS) is 12.6. The maximum atomic E-state index is 12.7. The molecule has 2 aromatic rings. The number of carbonyl (C=O) groups is 3. The fourth-order valence-corrected chi connectivity index (χ4v) is 3.40. The van der Waals surface area contributed by atoms with E-state index in [4.69, 9.17) is 29.2 Å². The second-order valence-electron chi connectivity index (χ2n) is 8.03. The first-order chi connectivity index (χ1) is 18.1. The third-order valence-electron chi connectivity index (χ3n) is 5.66. The number of aliphatic hydroxyl groups is 4. The molecular weight excluding hydrogens is 508 g/mol. The molecule has 0 aliphatic heterocycles. The summed E-state index contributed by atoms with van der Waals surface area (Å²) >= 11 is 0. The number of hydrogen-bond acceptors (Lipinski definition) is 11. The average Bonchev–Trinajstić information content (AvgIpc) is 2.89. The lowest BCUT2D eigenvalue weighted by molar-refractivity contribution is -0.150. The van der Waals surface area contributed by atoms with E-state index in [2.05, 4.69) is 0 Å². The number of carboxylic acid groups (broad SMARTS) is 2. The molecule has 2 rings (SSSR count). The minimum atomic E-state index is -1.27. The third kappa shape index (κ3) is 7.71. The monoisotopic (exact) mass is 538 g/mol. The molecule has 2 unspecified atom stereocenters. The van der Waals surface area contributed by atoms with Crippen molar-refractivity contribution in [2.45, 2.75) is 65.7 Å². The first-order valence-corrected chi connectivity index (χ1v) is 11.4. The van der Waals surface area contributed by atoms with E-state index >= 15 is 0 Å². The Morgan fingerprint density at radius 3 is 1.29 bits per heavy atom. The summed E-state index contributed by atoms with van der Waals surface area (Å²) in [6.45, 7) is -0.257. The minimum Gasteiger partial charge on any atom is -0.479 e. The number of carboxylic acids is 2. The Hall–Kier alpha value is -3.59. The molecule has 6 N–H and O–H groups in total. The van der Waals surface area contributed by atoms with Gasteiger partial charge >= 0.3 is 18.1 Å². The second kappa shape index (κ2) is 14.4. The lowest BCUT2D eigenvalue weighted by Crippen LogP contribution is -2.22. The topological polar surface area (TPSA) is 210 Å². The Morgan fingerprint density at radius 2 is 1.00 bits per heavy atom. The van der Waals surface area contributed by atoms with E-state index < -0.39 is 56.7 Å². The number of ether oxygens (including phenoxy) is 4. The Kier molecular flexibility index (Phi) is 11.6. The molecule has 0 radical (unpaired) electrons. The fourth-order valence-electron chi connectivity index (χ4n) is 3.40. The van der Waals surface area contributed by atoms with E-state index in [-0.39, 0.29) is 47.0 Å². The number of hydrogen-bond donors (Lipinski definition) is 6. The quantitative estimate of drug-likeness (QED) is 0.148. The van der Waals surface area contributed by atoms with Gasteiger partial charge < -0.3 is 49.6 Å². The number of benzene rings is 2. The molecular formula is C25H30O13. The molecule has 0 heterocycles. The van der Waals surface area contributed by atoms with Gasteiger partial charge in [-0.05, 0) is 48.2 Å². The highest BCUT2D eigenvalue weighted by atomic mass is 16.7. The highest BCUT2D eigenvalue weighted by molar-refractivity contribution is 5.72. The largest absolute Gasteiger partial charge is 0.519 e. The van der Waals surface area contributed by atoms with Crippen molar-refractivity contribution in [1.82, 2.24) is 0 Å². The van der Waals surface area contributed by atoms with Crippen LogP contribution < -0.4 is 9.47 Å². The van der Waals surface area contributed by atoms with Gasteiger partial charge in [-0.1, -0.05) is 12.1 Å². The summed E-state index contributed by atoms with van der Waals surface area (Å²) in [6.07, 6.45) is -3.72. The van der Waals surface area contributed by atoms with Crippen molar-refractivity contribution in [2.24, 2.45) is 0 Å². The van der Waals surface area contributed by atoms with Gasteiger partial charge in [-0.3, -0.25) is 0 Å². The van der Waals surface area contributed by atoms with Crippen LogP contribution in [0.4, 0.5) is 4.79 Å². The SMILES string of the molecule is CC(OCc1c(OC(=O)Oc2ccc(CO)c(CO)c2COC(C)C(=O)O)ccc(CO)c1CO)C(=O)O. The Labute approximate surface area is 217 Å². The van der Waals surface area contributed by atoms with Crippen molar-refractivity contribution in [2.75, 3.05) is 0 Å². The van der Waals surface area contributed by atoms with Gasteiger partial charge in [-0.2, -0.15) is 0 Å². The maximum Gasteiger partial charge on any atom is 0.519 e. The Bertz CT molecular complexity index is 1060. The van der Waals surface area contributed by atoms with Crippen molar-refractivity contribution in [3.63, 3.8) is 0 Å². The molecule has 13 heteroatoms. The summed E-state index contributed by atoms with van der Waals surface area (Å²) in [7, 11) is 0. The lowest BCUT2D eigenvalue weighted by atomic mass is 10.0. The predicted octanol–water partition coefficient (Wildman–Crippen LogP) is 1.21. The predicted molar refractivity (Wildman–Crippen MR) is 127 cm³/mol. The van der Waals surface area contributed by atoms with Crippen LogP contribution in [-0.2, 0) is 58.7 Å². The molecule has 2 atom stereocenters.